The summed E-state index contributed by atoms with van der Waals surface area (Å²) in [7, 11) is 0. The van der Waals surface area contributed by atoms with Gasteiger partial charge in [-0.25, -0.2) is 0 Å². The van der Waals surface area contributed by atoms with Crippen LogP contribution in [0, 0.1) is 0 Å². The molecular formula is C19H15N3. The molecule has 3 nitrogen and oxygen atoms in total. The number of hydrogen-bond acceptors (Lipinski definition) is 3. The summed E-state index contributed by atoms with van der Waals surface area (Å²) >= 11 is 0. The van der Waals surface area contributed by atoms with Crippen molar-refractivity contribution in [3.63, 3.8) is 0 Å². The molecule has 0 fully saturated rings. The van der Waals surface area contributed by atoms with E-state index in [2.05, 4.69) is 27.1 Å². The molecule has 106 valence electrons. The summed E-state index contributed by atoms with van der Waals surface area (Å²) in [5.74, 6) is 0. The van der Waals surface area contributed by atoms with Crippen LogP contribution in [0.1, 0.15) is 0 Å². The summed E-state index contributed by atoms with van der Waals surface area (Å²) in [6.45, 7) is 0. The number of aromatic nitrogens is 3. The van der Waals surface area contributed by atoms with Gasteiger partial charge in [0.2, 0.25) is 0 Å². The molecule has 0 bridgehead atoms. The molecule has 22 heavy (non-hydrogen) atoms. The summed E-state index contributed by atoms with van der Waals surface area (Å²) in [5, 5.41) is 2.45. The van der Waals surface area contributed by atoms with Crippen LogP contribution in [0.4, 0.5) is 0 Å². The van der Waals surface area contributed by atoms with E-state index in [1.807, 2.05) is 54.9 Å². The molecule has 1 aromatic carbocycles. The van der Waals surface area contributed by atoms with Crippen LogP contribution in [0.3, 0.4) is 0 Å². The van der Waals surface area contributed by atoms with Crippen LogP contribution in [0.25, 0.3) is 21.9 Å². The van der Waals surface area contributed by atoms with Crippen molar-refractivity contribution in [3.8, 4) is 11.1 Å². The Hall–Kier alpha value is -3.07. The van der Waals surface area contributed by atoms with Crippen LogP contribution < -0.4 is 0 Å². The average Bonchev–Trinajstić information content (AvgIpc) is 2.64. The first kappa shape index (κ1) is 13.9. The topological polar surface area (TPSA) is 38.7 Å². The summed E-state index contributed by atoms with van der Waals surface area (Å²) in [6, 6.07) is 18.1. The lowest BCUT2D eigenvalue weighted by Crippen LogP contribution is -1.77. The highest BCUT2D eigenvalue weighted by Gasteiger charge is 1.92. The Balaban J connectivity index is 0.000000133. The van der Waals surface area contributed by atoms with Gasteiger partial charge in [-0.2, -0.15) is 0 Å². The van der Waals surface area contributed by atoms with Crippen LogP contribution >= 0.6 is 0 Å². The first-order valence-electron chi connectivity index (χ1n) is 7.03. The second-order valence-corrected chi connectivity index (χ2v) is 4.69. The van der Waals surface area contributed by atoms with Crippen LogP contribution in [-0.2, 0) is 0 Å². The third-order valence-corrected chi connectivity index (χ3v) is 3.24. The van der Waals surface area contributed by atoms with Crippen molar-refractivity contribution >= 4 is 10.8 Å². The Kier molecular flexibility index (Phi) is 4.47. The van der Waals surface area contributed by atoms with Gasteiger partial charge in [0, 0.05) is 37.2 Å². The average molecular weight is 285 g/mol. The highest BCUT2D eigenvalue weighted by Crippen LogP contribution is 2.15. The molecule has 3 aromatic heterocycles. The van der Waals surface area contributed by atoms with Gasteiger partial charge in [0.1, 0.15) is 0 Å². The summed E-state index contributed by atoms with van der Waals surface area (Å²) < 4.78 is 0. The molecule has 0 atom stereocenters. The van der Waals surface area contributed by atoms with E-state index in [-0.39, 0.29) is 0 Å². The van der Waals surface area contributed by atoms with Crippen molar-refractivity contribution in [2.45, 2.75) is 0 Å². The SMILES string of the molecule is c1cc(-c2ccncc2)ccn1.c1ccc2cnccc2c1. The maximum absolute atomic E-state index is 4.01. The third kappa shape index (κ3) is 3.52. The van der Waals surface area contributed by atoms with E-state index in [9.17, 15) is 0 Å². The largest absolute Gasteiger partial charge is 0.265 e. The molecule has 3 heterocycles. The first-order chi connectivity index (χ1) is 10.9. The molecule has 4 rings (SSSR count). The van der Waals surface area contributed by atoms with Gasteiger partial charge in [-0.1, -0.05) is 24.3 Å². The van der Waals surface area contributed by atoms with E-state index in [1.165, 1.54) is 21.9 Å². The number of rotatable bonds is 1. The molecule has 0 spiro atoms. The normalized spacial score (nSPS) is 9.82. The zero-order valence-electron chi connectivity index (χ0n) is 12.0. The highest BCUT2D eigenvalue weighted by atomic mass is 14.6. The zero-order valence-corrected chi connectivity index (χ0v) is 12.0. The lowest BCUT2D eigenvalue weighted by molar-refractivity contribution is 1.31. The van der Waals surface area contributed by atoms with Crippen molar-refractivity contribution in [1.29, 1.82) is 0 Å². The predicted octanol–water partition coefficient (Wildman–Crippen LogP) is 4.38. The number of nitrogens with zero attached hydrogens (tertiary/aromatic N) is 3. The minimum Gasteiger partial charge on any atom is -0.265 e. The number of pyridine rings is 3. The van der Waals surface area contributed by atoms with Gasteiger partial charge < -0.3 is 0 Å². The molecule has 0 N–H and O–H groups in total. The van der Waals surface area contributed by atoms with Crippen molar-refractivity contribution in [2.24, 2.45) is 0 Å². The summed E-state index contributed by atoms with van der Waals surface area (Å²) in [6.07, 6.45) is 10.8. The van der Waals surface area contributed by atoms with Gasteiger partial charge in [-0.05, 0) is 52.2 Å². The second-order valence-electron chi connectivity index (χ2n) is 4.69. The Morgan fingerprint density at radius 2 is 0.955 bits per heavy atom. The predicted molar refractivity (Wildman–Crippen MR) is 89.2 cm³/mol. The maximum atomic E-state index is 4.01. The maximum Gasteiger partial charge on any atom is 0.0346 e. The lowest BCUT2D eigenvalue weighted by atomic mass is 10.1. The fourth-order valence-corrected chi connectivity index (χ4v) is 2.12. The standard InChI is InChI=1S/C10H8N2.C9H7N/c1-5-11-6-2-9(1)10-3-7-12-8-4-10;1-2-4-9-7-10-6-5-8(9)3-1/h1-8H;1-7H. The van der Waals surface area contributed by atoms with E-state index in [0.29, 0.717) is 0 Å². The Bertz CT molecular complexity index is 727. The Morgan fingerprint density at radius 1 is 0.455 bits per heavy atom. The molecule has 0 aliphatic heterocycles. The zero-order chi connectivity index (χ0) is 15.0. The molecular weight excluding hydrogens is 270 g/mol. The van der Waals surface area contributed by atoms with Gasteiger partial charge in [0.25, 0.3) is 0 Å². The molecule has 0 saturated carbocycles. The van der Waals surface area contributed by atoms with Crippen LogP contribution in [-0.4, -0.2) is 15.0 Å². The molecule has 0 unspecified atom stereocenters. The van der Waals surface area contributed by atoms with Crippen molar-refractivity contribution in [2.75, 3.05) is 0 Å². The molecule has 3 heteroatoms. The minimum atomic E-state index is 1.17. The number of benzene rings is 1. The van der Waals surface area contributed by atoms with Crippen LogP contribution in [0.2, 0.25) is 0 Å². The van der Waals surface area contributed by atoms with E-state index < -0.39 is 0 Å². The first-order valence-corrected chi connectivity index (χ1v) is 7.03. The Morgan fingerprint density at radius 3 is 1.50 bits per heavy atom. The van der Waals surface area contributed by atoms with Gasteiger partial charge in [0.15, 0.2) is 0 Å². The number of hydrogen-bond donors (Lipinski definition) is 0. The van der Waals surface area contributed by atoms with Gasteiger partial charge in [-0.15, -0.1) is 0 Å². The number of fused-ring (bicyclic) bond motifs is 1. The summed E-state index contributed by atoms with van der Waals surface area (Å²) in [5.41, 5.74) is 2.35. The fourth-order valence-electron chi connectivity index (χ4n) is 2.12. The molecule has 0 aliphatic carbocycles. The molecule has 0 saturated heterocycles. The fraction of sp³-hybridized carbons (Fsp3) is 0. The molecule has 0 amide bonds. The quantitative estimate of drug-likeness (QED) is 0.521. The van der Waals surface area contributed by atoms with Gasteiger partial charge >= 0.3 is 0 Å². The molecule has 4 aromatic rings. The van der Waals surface area contributed by atoms with E-state index in [0.717, 1.165) is 0 Å². The van der Waals surface area contributed by atoms with Crippen molar-refractivity contribution in [3.05, 3.63) is 91.8 Å². The third-order valence-electron chi connectivity index (χ3n) is 3.24. The monoisotopic (exact) mass is 285 g/mol. The van der Waals surface area contributed by atoms with Gasteiger partial charge in [-0.3, -0.25) is 15.0 Å². The lowest BCUT2D eigenvalue weighted by Gasteiger charge is -1.97. The highest BCUT2D eigenvalue weighted by molar-refractivity contribution is 5.80. The van der Waals surface area contributed by atoms with E-state index in [4.69, 9.17) is 0 Å². The minimum absolute atomic E-state index is 1.17. The van der Waals surface area contributed by atoms with Crippen LogP contribution in [0.5, 0.6) is 0 Å². The van der Waals surface area contributed by atoms with Crippen LogP contribution in [0.15, 0.2) is 91.8 Å². The van der Waals surface area contributed by atoms with Crippen molar-refractivity contribution in [1.82, 2.24) is 15.0 Å². The van der Waals surface area contributed by atoms with E-state index >= 15 is 0 Å². The Labute approximate surface area is 129 Å². The summed E-state index contributed by atoms with van der Waals surface area (Å²) in [4.78, 5) is 11.9. The molecule has 0 aliphatic rings. The molecule has 0 radical (unpaired) electrons. The van der Waals surface area contributed by atoms with E-state index in [1.54, 1.807) is 24.8 Å². The van der Waals surface area contributed by atoms with Crippen molar-refractivity contribution < 1.29 is 0 Å². The second kappa shape index (κ2) is 7.09. The smallest absolute Gasteiger partial charge is 0.0346 e. The van der Waals surface area contributed by atoms with Gasteiger partial charge in [0.05, 0.1) is 0 Å².